The van der Waals surface area contributed by atoms with Crippen LogP contribution < -0.4 is 0 Å². The number of ether oxygens (including phenoxy) is 1. The van der Waals surface area contributed by atoms with Gasteiger partial charge in [0.05, 0.1) is 12.1 Å². The van der Waals surface area contributed by atoms with Crippen LogP contribution in [0.4, 0.5) is 9.59 Å². The zero-order valence-electron chi connectivity index (χ0n) is 19.5. The maximum Gasteiger partial charge on any atom is 0.417 e. The molecule has 0 aliphatic rings. The van der Waals surface area contributed by atoms with E-state index in [0.29, 0.717) is 15.1 Å². The molecule has 2 rings (SSSR count). The molecular formula is C24H30N2O7P. The van der Waals surface area contributed by atoms with Gasteiger partial charge in [0.25, 0.3) is 7.52 Å². The normalized spacial score (nSPS) is 13.4. The molecule has 2 aromatic rings. The minimum atomic E-state index is -4.37. The van der Waals surface area contributed by atoms with Crippen LogP contribution in [0.25, 0.3) is 11.1 Å². The molecule has 10 heteroatoms. The Morgan fingerprint density at radius 1 is 1.00 bits per heavy atom. The minimum absolute atomic E-state index is 0.0226. The van der Waals surface area contributed by atoms with Gasteiger partial charge in [0.15, 0.2) is 0 Å². The first-order chi connectivity index (χ1) is 16.1. The number of hydrogen-bond donors (Lipinski definition) is 2. The molecule has 0 heterocycles. The number of hydrogen-bond acceptors (Lipinski definition) is 5. The summed E-state index contributed by atoms with van der Waals surface area (Å²) < 4.78 is 18.5. The SMILES string of the molecule is C[CH]OC(=O)N(CC)P(=O)(O)CC(Cc1ccc(-c2ccccc2)cc1)C(=O)N(CC)C(=O)O. The van der Waals surface area contributed by atoms with E-state index >= 15 is 0 Å². The van der Waals surface area contributed by atoms with E-state index in [0.717, 1.165) is 17.7 Å². The Kier molecular flexibility index (Phi) is 9.83. The maximum atomic E-state index is 13.1. The second-order valence-electron chi connectivity index (χ2n) is 7.51. The van der Waals surface area contributed by atoms with Gasteiger partial charge < -0.3 is 14.7 Å². The maximum absolute atomic E-state index is 13.1. The molecule has 2 N–H and O–H groups in total. The average Bonchev–Trinajstić information content (AvgIpc) is 2.80. The van der Waals surface area contributed by atoms with Crippen molar-refractivity contribution in [2.75, 3.05) is 19.3 Å². The van der Waals surface area contributed by atoms with Gasteiger partial charge in [0.1, 0.15) is 6.61 Å². The minimum Gasteiger partial charge on any atom is -0.465 e. The lowest BCUT2D eigenvalue weighted by atomic mass is 9.97. The molecule has 0 spiro atoms. The van der Waals surface area contributed by atoms with Crippen LogP contribution in [0, 0.1) is 12.5 Å². The Bertz CT molecular complexity index is 1030. The predicted octanol–water partition coefficient (Wildman–Crippen LogP) is 4.86. The monoisotopic (exact) mass is 489 g/mol. The van der Waals surface area contributed by atoms with Gasteiger partial charge in [-0.25, -0.2) is 19.2 Å². The van der Waals surface area contributed by atoms with Gasteiger partial charge in [-0.15, -0.1) is 0 Å². The number of benzene rings is 2. The lowest BCUT2D eigenvalue weighted by molar-refractivity contribution is -0.132. The van der Waals surface area contributed by atoms with E-state index in [1.165, 1.54) is 20.8 Å². The van der Waals surface area contributed by atoms with Crippen LogP contribution in [0.3, 0.4) is 0 Å². The summed E-state index contributed by atoms with van der Waals surface area (Å²) in [4.78, 5) is 48.1. The Morgan fingerprint density at radius 2 is 1.59 bits per heavy atom. The van der Waals surface area contributed by atoms with E-state index in [1.807, 2.05) is 42.5 Å². The summed E-state index contributed by atoms with van der Waals surface area (Å²) in [6.07, 6.45) is -3.05. The van der Waals surface area contributed by atoms with Crippen molar-refractivity contribution in [2.45, 2.75) is 27.2 Å². The van der Waals surface area contributed by atoms with Crippen LogP contribution in [0.2, 0.25) is 0 Å². The van der Waals surface area contributed by atoms with E-state index in [9.17, 15) is 28.9 Å². The summed E-state index contributed by atoms with van der Waals surface area (Å²) in [5.74, 6) is -1.95. The van der Waals surface area contributed by atoms with Crippen molar-refractivity contribution in [3.8, 4) is 11.1 Å². The predicted molar refractivity (Wildman–Crippen MR) is 128 cm³/mol. The number of carbonyl (C=O) groups excluding carboxylic acids is 2. The molecule has 1 radical (unpaired) electrons. The highest BCUT2D eigenvalue weighted by atomic mass is 31.2. The highest BCUT2D eigenvalue weighted by Crippen LogP contribution is 2.48. The summed E-state index contributed by atoms with van der Waals surface area (Å²) in [5.41, 5.74) is 2.65. The van der Waals surface area contributed by atoms with Gasteiger partial charge in [-0.2, -0.15) is 0 Å². The van der Waals surface area contributed by atoms with Gasteiger partial charge >= 0.3 is 12.2 Å². The van der Waals surface area contributed by atoms with Crippen molar-refractivity contribution in [1.29, 1.82) is 0 Å². The summed E-state index contributed by atoms with van der Waals surface area (Å²) in [7, 11) is -4.37. The lowest BCUT2D eigenvalue weighted by Gasteiger charge is -2.29. The second-order valence-corrected chi connectivity index (χ2v) is 9.69. The fourth-order valence-electron chi connectivity index (χ4n) is 3.61. The quantitative estimate of drug-likeness (QED) is 0.457. The molecule has 0 saturated heterocycles. The van der Waals surface area contributed by atoms with Crippen LogP contribution in [0.5, 0.6) is 0 Å². The molecule has 34 heavy (non-hydrogen) atoms. The van der Waals surface area contributed by atoms with Gasteiger partial charge in [-0.3, -0.25) is 9.36 Å². The molecule has 0 aliphatic carbocycles. The molecule has 3 amide bonds. The number of nitrogens with zero attached hydrogens (tertiary/aromatic N) is 2. The molecule has 0 aliphatic heterocycles. The zero-order chi connectivity index (χ0) is 25.3. The fraction of sp³-hybridized carbons (Fsp3) is 0.333. The Balaban J connectivity index is 2.34. The van der Waals surface area contributed by atoms with Gasteiger partial charge in [0.2, 0.25) is 5.91 Å². The largest absolute Gasteiger partial charge is 0.465 e. The summed E-state index contributed by atoms with van der Waals surface area (Å²) in [6, 6.07) is 17.0. The molecule has 0 bridgehead atoms. The van der Waals surface area contributed by atoms with E-state index < -0.39 is 37.7 Å². The van der Waals surface area contributed by atoms with Crippen LogP contribution >= 0.6 is 7.52 Å². The van der Waals surface area contributed by atoms with Crippen LogP contribution in [0.15, 0.2) is 54.6 Å². The number of carboxylic acid groups (broad SMARTS) is 1. The number of rotatable bonds is 10. The lowest BCUT2D eigenvalue weighted by Crippen LogP contribution is -2.42. The van der Waals surface area contributed by atoms with Crippen molar-refractivity contribution in [2.24, 2.45) is 5.92 Å². The molecule has 9 nitrogen and oxygen atoms in total. The average molecular weight is 489 g/mol. The van der Waals surface area contributed by atoms with E-state index in [1.54, 1.807) is 12.1 Å². The van der Waals surface area contributed by atoms with Crippen LogP contribution in [0.1, 0.15) is 26.3 Å². The first-order valence-corrected chi connectivity index (χ1v) is 12.7. The highest BCUT2D eigenvalue weighted by Gasteiger charge is 2.39. The molecule has 2 unspecified atom stereocenters. The highest BCUT2D eigenvalue weighted by molar-refractivity contribution is 7.56. The van der Waals surface area contributed by atoms with Crippen molar-refractivity contribution in [3.63, 3.8) is 0 Å². The molecule has 183 valence electrons. The Labute approximate surface area is 199 Å². The van der Waals surface area contributed by atoms with Gasteiger partial charge in [-0.05, 0) is 43.9 Å². The van der Waals surface area contributed by atoms with Crippen LogP contribution in [-0.2, 0) is 20.5 Å². The first-order valence-electron chi connectivity index (χ1n) is 10.9. The standard InChI is InChI=1S/C24H30N2O7P/c1-4-25(23(28)29)22(27)21(17-34(31,32)26(5-2)24(30)33-6-3)16-18-12-14-20(15-13-18)19-10-8-7-9-11-19/h6-15,21H,4-5,16-17H2,1-3H3,(H,28,29)(H,31,32). The van der Waals surface area contributed by atoms with Crippen molar-refractivity contribution in [1.82, 2.24) is 9.57 Å². The summed E-state index contributed by atoms with van der Waals surface area (Å²) >= 11 is 0. The number of carbonyl (C=O) groups is 3. The van der Waals surface area contributed by atoms with E-state index in [2.05, 4.69) is 0 Å². The third kappa shape index (κ3) is 6.92. The van der Waals surface area contributed by atoms with Crippen LogP contribution in [-0.4, -0.2) is 56.9 Å². The zero-order valence-corrected chi connectivity index (χ0v) is 20.4. The van der Waals surface area contributed by atoms with Gasteiger partial charge in [-0.1, -0.05) is 54.6 Å². The van der Waals surface area contributed by atoms with Crippen molar-refractivity contribution in [3.05, 3.63) is 66.8 Å². The smallest absolute Gasteiger partial charge is 0.417 e. The summed E-state index contributed by atoms with van der Waals surface area (Å²) in [5, 5.41) is 9.42. The summed E-state index contributed by atoms with van der Waals surface area (Å²) in [6.45, 7) is 5.31. The number of amides is 3. The van der Waals surface area contributed by atoms with Gasteiger partial charge in [0, 0.05) is 13.1 Å². The fourth-order valence-corrected chi connectivity index (χ4v) is 5.41. The third-order valence-corrected chi connectivity index (χ3v) is 7.39. The Morgan fingerprint density at radius 3 is 2.09 bits per heavy atom. The molecular weight excluding hydrogens is 459 g/mol. The molecule has 0 aromatic heterocycles. The third-order valence-electron chi connectivity index (χ3n) is 5.27. The molecule has 2 aromatic carbocycles. The Hall–Kier alpha value is -3.16. The number of imide groups is 1. The first kappa shape index (κ1) is 27.1. The molecule has 0 saturated carbocycles. The van der Waals surface area contributed by atoms with E-state index in [4.69, 9.17) is 4.74 Å². The van der Waals surface area contributed by atoms with Crippen molar-refractivity contribution >= 4 is 25.6 Å². The van der Waals surface area contributed by atoms with E-state index in [-0.39, 0.29) is 19.5 Å². The van der Waals surface area contributed by atoms with Crippen molar-refractivity contribution < 1.29 is 33.7 Å². The molecule has 2 atom stereocenters. The molecule has 0 fully saturated rings. The topological polar surface area (TPSA) is 124 Å². The second kappa shape index (κ2) is 12.3.